The van der Waals surface area contributed by atoms with E-state index in [1.54, 1.807) is 17.0 Å². The van der Waals surface area contributed by atoms with Gasteiger partial charge in [0.1, 0.15) is 6.54 Å². The van der Waals surface area contributed by atoms with E-state index in [1.807, 2.05) is 54.1 Å². The Morgan fingerprint density at radius 2 is 1.78 bits per heavy atom. The van der Waals surface area contributed by atoms with Crippen molar-refractivity contribution in [1.82, 2.24) is 20.2 Å². The molecule has 0 aliphatic carbocycles. The Hall–Kier alpha value is -3.43. The van der Waals surface area contributed by atoms with Crippen molar-refractivity contribution >= 4 is 29.1 Å². The molecule has 2 heterocycles. The van der Waals surface area contributed by atoms with E-state index >= 15 is 0 Å². The zero-order chi connectivity index (χ0) is 26.4. The number of fused-ring (bicyclic) bond motifs is 1. The van der Waals surface area contributed by atoms with Gasteiger partial charge in [-0.15, -0.1) is 0 Å². The maximum Gasteiger partial charge on any atom is 0.256 e. The molecule has 0 bridgehead atoms. The fraction of sp³-hybridized carbons (Fsp3) is 0.464. The Kier molecular flexibility index (Phi) is 8.78. The first-order valence-corrected chi connectivity index (χ1v) is 13.1. The number of aryl methyl sites for hydroxylation is 1. The predicted molar refractivity (Wildman–Crippen MR) is 145 cm³/mol. The van der Waals surface area contributed by atoms with Gasteiger partial charge >= 0.3 is 0 Å². The lowest BCUT2D eigenvalue weighted by molar-refractivity contribution is -0.151. The normalized spacial score (nSPS) is 15.1. The molecule has 9 heteroatoms. The number of likely N-dealkylation sites (N-methyl/N-ethyl adjacent to an activating group) is 2. The minimum atomic E-state index is -0.137. The molecule has 2 aliphatic heterocycles. The fourth-order valence-electron chi connectivity index (χ4n) is 4.85. The van der Waals surface area contributed by atoms with Crippen molar-refractivity contribution in [3.63, 3.8) is 0 Å². The van der Waals surface area contributed by atoms with Gasteiger partial charge in [0.05, 0.1) is 6.54 Å². The van der Waals surface area contributed by atoms with Crippen LogP contribution in [0.5, 0.6) is 0 Å². The number of carbonyl (C=O) groups is 3. The molecule has 2 N–H and O–H groups in total. The second kappa shape index (κ2) is 12.2. The van der Waals surface area contributed by atoms with Crippen molar-refractivity contribution in [3.8, 4) is 0 Å². The lowest BCUT2D eigenvalue weighted by Crippen LogP contribution is -2.49. The van der Waals surface area contributed by atoms with Crippen LogP contribution in [0, 0.1) is 6.92 Å². The summed E-state index contributed by atoms with van der Waals surface area (Å²) in [7, 11) is 1.77. The zero-order valence-corrected chi connectivity index (χ0v) is 22.1. The first kappa shape index (κ1) is 26.6. The molecule has 3 amide bonds. The highest BCUT2D eigenvalue weighted by Crippen LogP contribution is 2.26. The third-order valence-electron chi connectivity index (χ3n) is 7.12. The lowest BCUT2D eigenvalue weighted by atomic mass is 10.1. The number of nitrogens with zero attached hydrogens (tertiary/aromatic N) is 4. The standard InChI is InChI=1S/C28H38N6O3/c1-4-29-13-15-32(20-28(37)31(3)33-18-22-8-5-6-9-23(22)19-33)27(36)17-30-25-12-11-24(16-21(25)2)34-14-7-10-26(34)35/h5-6,8-9,11-12,16,29-30H,4,7,10,13-15,17-20H2,1-3H3. The number of hydrogen-bond donors (Lipinski definition) is 2. The molecule has 0 unspecified atom stereocenters. The smallest absolute Gasteiger partial charge is 0.256 e. The summed E-state index contributed by atoms with van der Waals surface area (Å²) in [5.41, 5.74) is 5.15. The second-order valence-corrected chi connectivity index (χ2v) is 9.68. The van der Waals surface area contributed by atoms with Crippen molar-refractivity contribution in [1.29, 1.82) is 0 Å². The molecule has 9 nitrogen and oxygen atoms in total. The number of amides is 3. The van der Waals surface area contributed by atoms with Gasteiger partial charge in [0.2, 0.25) is 11.8 Å². The third-order valence-corrected chi connectivity index (χ3v) is 7.12. The van der Waals surface area contributed by atoms with E-state index in [9.17, 15) is 14.4 Å². The molecule has 37 heavy (non-hydrogen) atoms. The Morgan fingerprint density at radius 3 is 2.41 bits per heavy atom. The van der Waals surface area contributed by atoms with Crippen LogP contribution in [0.3, 0.4) is 0 Å². The number of carbonyl (C=O) groups excluding carboxylic acids is 3. The quantitative estimate of drug-likeness (QED) is 0.455. The minimum absolute atomic E-state index is 0.0181. The van der Waals surface area contributed by atoms with E-state index in [0.717, 1.165) is 36.4 Å². The summed E-state index contributed by atoms with van der Waals surface area (Å²) < 4.78 is 0. The molecule has 2 aliphatic rings. The van der Waals surface area contributed by atoms with E-state index in [0.29, 0.717) is 32.6 Å². The Bertz CT molecular complexity index is 1110. The van der Waals surface area contributed by atoms with Crippen LogP contribution in [0.1, 0.15) is 36.5 Å². The van der Waals surface area contributed by atoms with Crippen LogP contribution >= 0.6 is 0 Å². The maximum atomic E-state index is 13.2. The predicted octanol–water partition coefficient (Wildman–Crippen LogP) is 2.36. The molecular formula is C28H38N6O3. The Morgan fingerprint density at radius 1 is 1.05 bits per heavy atom. The summed E-state index contributed by atoms with van der Waals surface area (Å²) in [5.74, 6) is -0.102. The van der Waals surface area contributed by atoms with E-state index in [1.165, 1.54) is 11.1 Å². The summed E-state index contributed by atoms with van der Waals surface area (Å²) in [5, 5.41) is 10.1. The topological polar surface area (TPSA) is 88.2 Å². The van der Waals surface area contributed by atoms with Crippen molar-refractivity contribution < 1.29 is 14.4 Å². The Labute approximate surface area is 219 Å². The van der Waals surface area contributed by atoms with E-state index in [-0.39, 0.29) is 30.8 Å². The largest absolute Gasteiger partial charge is 0.376 e. The van der Waals surface area contributed by atoms with Crippen LogP contribution in [0.4, 0.5) is 11.4 Å². The number of rotatable bonds is 11. The van der Waals surface area contributed by atoms with Gasteiger partial charge in [0, 0.05) is 57.6 Å². The Balaban J connectivity index is 1.35. The highest BCUT2D eigenvalue weighted by molar-refractivity contribution is 5.95. The number of anilines is 2. The molecule has 0 atom stereocenters. The van der Waals surface area contributed by atoms with E-state index < -0.39 is 0 Å². The van der Waals surface area contributed by atoms with Gasteiger partial charge in [0.15, 0.2) is 0 Å². The summed E-state index contributed by atoms with van der Waals surface area (Å²) in [6.45, 7) is 8.06. The first-order chi connectivity index (χ1) is 17.9. The second-order valence-electron chi connectivity index (χ2n) is 9.68. The number of hydrogen-bond acceptors (Lipinski definition) is 6. The molecule has 1 fully saturated rings. The summed E-state index contributed by atoms with van der Waals surface area (Å²) in [4.78, 5) is 41.9. The van der Waals surface area contributed by atoms with E-state index in [4.69, 9.17) is 0 Å². The molecule has 0 saturated carbocycles. The zero-order valence-electron chi connectivity index (χ0n) is 22.1. The van der Waals surface area contributed by atoms with Gasteiger partial charge in [-0.3, -0.25) is 19.4 Å². The number of nitrogens with one attached hydrogen (secondary N) is 2. The molecule has 1 saturated heterocycles. The van der Waals surface area contributed by atoms with Gasteiger partial charge in [-0.2, -0.15) is 0 Å². The maximum absolute atomic E-state index is 13.2. The van der Waals surface area contributed by atoms with Crippen molar-refractivity contribution in [2.24, 2.45) is 0 Å². The van der Waals surface area contributed by atoms with Gasteiger partial charge < -0.3 is 20.4 Å². The summed E-state index contributed by atoms with van der Waals surface area (Å²) in [6, 6.07) is 14.0. The number of benzene rings is 2. The van der Waals surface area contributed by atoms with Crippen molar-refractivity contribution in [2.75, 3.05) is 56.5 Å². The third kappa shape index (κ3) is 6.47. The molecule has 0 radical (unpaired) electrons. The average molecular weight is 507 g/mol. The van der Waals surface area contributed by atoms with E-state index in [2.05, 4.69) is 22.8 Å². The van der Waals surface area contributed by atoms with Crippen LogP contribution in [-0.4, -0.2) is 79.0 Å². The van der Waals surface area contributed by atoms with Gasteiger partial charge in [-0.25, -0.2) is 5.01 Å². The molecule has 0 spiro atoms. The highest BCUT2D eigenvalue weighted by atomic mass is 16.2. The summed E-state index contributed by atoms with van der Waals surface area (Å²) >= 11 is 0. The van der Waals surface area contributed by atoms with Crippen LogP contribution in [0.25, 0.3) is 0 Å². The SMILES string of the molecule is CCNCCN(CC(=O)N(C)N1Cc2ccccc2C1)C(=O)CNc1ccc(N2CCCC2=O)cc1C. The first-order valence-electron chi connectivity index (χ1n) is 13.1. The van der Waals surface area contributed by atoms with Crippen LogP contribution < -0.4 is 15.5 Å². The summed E-state index contributed by atoms with van der Waals surface area (Å²) in [6.07, 6.45) is 1.47. The number of hydrazine groups is 1. The van der Waals surface area contributed by atoms with Crippen LogP contribution in [-0.2, 0) is 27.5 Å². The lowest BCUT2D eigenvalue weighted by Gasteiger charge is -2.31. The van der Waals surface area contributed by atoms with Gasteiger partial charge in [-0.1, -0.05) is 31.2 Å². The van der Waals surface area contributed by atoms with Crippen molar-refractivity contribution in [3.05, 3.63) is 59.2 Å². The minimum Gasteiger partial charge on any atom is -0.376 e. The average Bonchev–Trinajstić information content (AvgIpc) is 3.52. The highest BCUT2D eigenvalue weighted by Gasteiger charge is 2.27. The van der Waals surface area contributed by atoms with Crippen molar-refractivity contribution in [2.45, 2.75) is 39.8 Å². The van der Waals surface area contributed by atoms with Crippen LogP contribution in [0.15, 0.2) is 42.5 Å². The fourth-order valence-corrected chi connectivity index (χ4v) is 4.85. The molecule has 198 valence electrons. The molecule has 4 rings (SSSR count). The van der Waals surface area contributed by atoms with Gasteiger partial charge in [-0.05, 0) is 54.8 Å². The molecule has 2 aromatic rings. The van der Waals surface area contributed by atoms with Crippen LogP contribution in [0.2, 0.25) is 0 Å². The molecular weight excluding hydrogens is 468 g/mol. The monoisotopic (exact) mass is 506 g/mol. The molecule has 2 aromatic carbocycles. The molecule has 0 aromatic heterocycles. The van der Waals surface area contributed by atoms with Gasteiger partial charge in [0.25, 0.3) is 5.91 Å².